The third-order valence-electron chi connectivity index (χ3n) is 3.57. The molecule has 2 rings (SSSR count). The largest absolute Gasteiger partial charge is 0.378 e. The number of anilines is 1. The molecule has 104 valence electrons. The summed E-state index contributed by atoms with van der Waals surface area (Å²) in [6.07, 6.45) is 3.65. The molecule has 0 bridgehead atoms. The van der Waals surface area contributed by atoms with E-state index >= 15 is 0 Å². The monoisotopic (exact) mass is 261 g/mol. The molecule has 0 spiro atoms. The van der Waals surface area contributed by atoms with Crippen molar-refractivity contribution in [1.29, 1.82) is 0 Å². The summed E-state index contributed by atoms with van der Waals surface area (Å²) in [5, 5.41) is 6.43. The first kappa shape index (κ1) is 13.9. The first-order valence-corrected chi connectivity index (χ1v) is 6.96. The Morgan fingerprint density at radius 3 is 2.63 bits per heavy atom. The normalized spacial score (nSPS) is 18.9. The highest BCUT2D eigenvalue weighted by molar-refractivity contribution is 5.94. The number of amides is 1. The van der Waals surface area contributed by atoms with Gasteiger partial charge in [-0.05, 0) is 43.7 Å². The smallest absolute Gasteiger partial charge is 0.251 e. The highest BCUT2D eigenvalue weighted by Gasteiger charge is 2.14. The lowest BCUT2D eigenvalue weighted by Crippen LogP contribution is -2.43. The zero-order valence-corrected chi connectivity index (χ0v) is 11.8. The Bertz CT molecular complexity index is 408. The quantitative estimate of drug-likeness (QED) is 0.866. The average molecular weight is 261 g/mol. The number of piperidine rings is 1. The van der Waals surface area contributed by atoms with Crippen LogP contribution in [0.15, 0.2) is 24.3 Å². The van der Waals surface area contributed by atoms with Crippen LogP contribution in [-0.2, 0) is 0 Å². The number of carbonyl (C=O) groups is 1. The Hall–Kier alpha value is -1.55. The number of benzene rings is 1. The SMILES string of the molecule is CN(C)c1ccc(C(=O)NCC2CCCCN2)cc1. The molecule has 1 heterocycles. The van der Waals surface area contributed by atoms with E-state index in [4.69, 9.17) is 0 Å². The van der Waals surface area contributed by atoms with E-state index in [2.05, 4.69) is 10.6 Å². The lowest BCUT2D eigenvalue weighted by molar-refractivity contribution is 0.0948. The van der Waals surface area contributed by atoms with E-state index in [1.807, 2.05) is 43.3 Å². The highest BCUT2D eigenvalue weighted by Crippen LogP contribution is 2.12. The minimum absolute atomic E-state index is 0.0117. The molecule has 0 aliphatic carbocycles. The van der Waals surface area contributed by atoms with Gasteiger partial charge in [-0.15, -0.1) is 0 Å². The maximum absolute atomic E-state index is 12.0. The first-order valence-electron chi connectivity index (χ1n) is 6.96. The minimum atomic E-state index is 0.0117. The Labute approximate surface area is 115 Å². The fourth-order valence-electron chi connectivity index (χ4n) is 2.33. The summed E-state index contributed by atoms with van der Waals surface area (Å²) in [7, 11) is 3.98. The molecule has 1 amide bonds. The fraction of sp³-hybridized carbons (Fsp3) is 0.533. The lowest BCUT2D eigenvalue weighted by Gasteiger charge is -2.23. The van der Waals surface area contributed by atoms with Crippen molar-refractivity contribution >= 4 is 11.6 Å². The average Bonchev–Trinajstić information content (AvgIpc) is 2.46. The Morgan fingerprint density at radius 2 is 2.05 bits per heavy atom. The van der Waals surface area contributed by atoms with Crippen LogP contribution in [0.2, 0.25) is 0 Å². The summed E-state index contributed by atoms with van der Waals surface area (Å²) >= 11 is 0. The molecule has 1 fully saturated rings. The van der Waals surface area contributed by atoms with Gasteiger partial charge in [-0.1, -0.05) is 6.42 Å². The fourth-order valence-corrected chi connectivity index (χ4v) is 2.33. The number of rotatable bonds is 4. The molecule has 1 saturated heterocycles. The van der Waals surface area contributed by atoms with Gasteiger partial charge in [-0.25, -0.2) is 0 Å². The van der Waals surface area contributed by atoms with Gasteiger partial charge in [0.25, 0.3) is 5.91 Å². The van der Waals surface area contributed by atoms with Gasteiger partial charge in [0.2, 0.25) is 0 Å². The van der Waals surface area contributed by atoms with Gasteiger partial charge in [0.05, 0.1) is 0 Å². The molecule has 2 N–H and O–H groups in total. The molecule has 4 heteroatoms. The Balaban J connectivity index is 1.85. The van der Waals surface area contributed by atoms with E-state index in [-0.39, 0.29) is 5.91 Å². The molecule has 19 heavy (non-hydrogen) atoms. The van der Waals surface area contributed by atoms with Crippen molar-refractivity contribution in [1.82, 2.24) is 10.6 Å². The van der Waals surface area contributed by atoms with Crippen LogP contribution >= 0.6 is 0 Å². The molecule has 0 saturated carbocycles. The van der Waals surface area contributed by atoms with Gasteiger partial charge in [0.15, 0.2) is 0 Å². The first-order chi connectivity index (χ1) is 9.16. The third kappa shape index (κ3) is 3.96. The molecular weight excluding hydrogens is 238 g/mol. The van der Waals surface area contributed by atoms with E-state index in [0.717, 1.165) is 24.2 Å². The lowest BCUT2D eigenvalue weighted by atomic mass is 10.0. The predicted octanol–water partition coefficient (Wildman–Crippen LogP) is 1.62. The zero-order valence-electron chi connectivity index (χ0n) is 11.8. The van der Waals surface area contributed by atoms with E-state index in [1.54, 1.807) is 0 Å². The van der Waals surface area contributed by atoms with E-state index in [9.17, 15) is 4.79 Å². The van der Waals surface area contributed by atoms with Gasteiger partial charge in [-0.2, -0.15) is 0 Å². The highest BCUT2D eigenvalue weighted by atomic mass is 16.1. The molecule has 0 aromatic heterocycles. The topological polar surface area (TPSA) is 44.4 Å². The van der Waals surface area contributed by atoms with Crippen LogP contribution in [0, 0.1) is 0 Å². The van der Waals surface area contributed by atoms with E-state index < -0.39 is 0 Å². The standard InChI is InChI=1S/C15H23N3O/c1-18(2)14-8-6-12(7-9-14)15(19)17-11-13-5-3-4-10-16-13/h6-9,13,16H,3-5,10-11H2,1-2H3,(H,17,19). The van der Waals surface area contributed by atoms with Crippen molar-refractivity contribution in [2.45, 2.75) is 25.3 Å². The molecule has 0 radical (unpaired) electrons. The summed E-state index contributed by atoms with van der Waals surface area (Å²) in [6, 6.07) is 8.11. The summed E-state index contributed by atoms with van der Waals surface area (Å²) in [4.78, 5) is 14.0. The van der Waals surface area contributed by atoms with Crippen LogP contribution < -0.4 is 15.5 Å². The van der Waals surface area contributed by atoms with Crippen LogP contribution in [0.25, 0.3) is 0 Å². The summed E-state index contributed by atoms with van der Waals surface area (Å²) in [6.45, 7) is 1.78. The van der Waals surface area contributed by atoms with Crippen molar-refractivity contribution in [3.63, 3.8) is 0 Å². The Kier molecular flexibility index (Phi) is 4.80. The number of hydrogen-bond donors (Lipinski definition) is 2. The van der Waals surface area contributed by atoms with Gasteiger partial charge < -0.3 is 15.5 Å². The number of carbonyl (C=O) groups excluding carboxylic acids is 1. The number of nitrogens with one attached hydrogen (secondary N) is 2. The summed E-state index contributed by atoms with van der Waals surface area (Å²) < 4.78 is 0. The zero-order chi connectivity index (χ0) is 13.7. The van der Waals surface area contributed by atoms with Crippen LogP contribution in [0.3, 0.4) is 0 Å². The van der Waals surface area contributed by atoms with Gasteiger partial charge >= 0.3 is 0 Å². The van der Waals surface area contributed by atoms with E-state index in [0.29, 0.717) is 12.6 Å². The van der Waals surface area contributed by atoms with Crippen LogP contribution in [-0.4, -0.2) is 39.1 Å². The minimum Gasteiger partial charge on any atom is -0.378 e. The third-order valence-corrected chi connectivity index (χ3v) is 3.57. The van der Waals surface area contributed by atoms with Crippen molar-refractivity contribution in [3.05, 3.63) is 29.8 Å². The predicted molar refractivity (Wildman–Crippen MR) is 78.7 cm³/mol. The van der Waals surface area contributed by atoms with Crippen LogP contribution in [0.1, 0.15) is 29.6 Å². The maximum atomic E-state index is 12.0. The second kappa shape index (κ2) is 6.57. The second-order valence-corrected chi connectivity index (χ2v) is 5.30. The number of nitrogens with zero attached hydrogens (tertiary/aromatic N) is 1. The van der Waals surface area contributed by atoms with Gasteiger partial charge in [0, 0.05) is 37.9 Å². The van der Waals surface area contributed by atoms with Gasteiger partial charge in [0.1, 0.15) is 0 Å². The molecule has 1 atom stereocenters. The molecule has 1 aliphatic heterocycles. The second-order valence-electron chi connectivity index (χ2n) is 5.30. The van der Waals surface area contributed by atoms with Gasteiger partial charge in [-0.3, -0.25) is 4.79 Å². The van der Waals surface area contributed by atoms with Crippen molar-refractivity contribution in [3.8, 4) is 0 Å². The van der Waals surface area contributed by atoms with Crippen LogP contribution in [0.4, 0.5) is 5.69 Å². The number of hydrogen-bond acceptors (Lipinski definition) is 3. The maximum Gasteiger partial charge on any atom is 0.251 e. The molecule has 1 unspecified atom stereocenters. The van der Waals surface area contributed by atoms with Crippen molar-refractivity contribution < 1.29 is 4.79 Å². The molecular formula is C15H23N3O. The van der Waals surface area contributed by atoms with E-state index in [1.165, 1.54) is 12.8 Å². The Morgan fingerprint density at radius 1 is 1.32 bits per heavy atom. The summed E-state index contributed by atoms with van der Waals surface area (Å²) in [5.74, 6) is 0.0117. The molecule has 1 aromatic carbocycles. The van der Waals surface area contributed by atoms with Crippen molar-refractivity contribution in [2.75, 3.05) is 32.1 Å². The van der Waals surface area contributed by atoms with Crippen molar-refractivity contribution in [2.24, 2.45) is 0 Å². The molecule has 1 aliphatic rings. The van der Waals surface area contributed by atoms with Crippen LogP contribution in [0.5, 0.6) is 0 Å². The molecule has 1 aromatic rings. The molecule has 4 nitrogen and oxygen atoms in total. The summed E-state index contributed by atoms with van der Waals surface area (Å²) in [5.41, 5.74) is 1.83.